The molecular weight excluding hydrogens is 274 g/mol. The second kappa shape index (κ2) is 7.40. The van der Waals surface area contributed by atoms with Gasteiger partial charge in [-0.1, -0.05) is 6.07 Å². The summed E-state index contributed by atoms with van der Waals surface area (Å²) in [6.45, 7) is 4.06. The Bertz CT molecular complexity index is 439. The van der Waals surface area contributed by atoms with Crippen molar-refractivity contribution in [1.29, 1.82) is 0 Å². The Hall–Kier alpha value is -1.20. The van der Waals surface area contributed by atoms with Crippen LogP contribution in [-0.4, -0.2) is 19.5 Å². The monoisotopic (exact) mass is 292 g/mol. The van der Waals surface area contributed by atoms with Crippen molar-refractivity contribution in [2.75, 3.05) is 13.6 Å². The van der Waals surface area contributed by atoms with Crippen LogP contribution >= 0.6 is 12.4 Å². The Morgan fingerprint density at radius 2 is 1.89 bits per heavy atom. The number of halogens is 3. The van der Waals surface area contributed by atoms with Gasteiger partial charge in [-0.15, -0.1) is 12.4 Å². The number of amides is 1. The van der Waals surface area contributed by atoms with Crippen LogP contribution in [0.4, 0.5) is 8.78 Å². The third-order valence-corrected chi connectivity index (χ3v) is 2.70. The number of rotatable bonds is 5. The summed E-state index contributed by atoms with van der Waals surface area (Å²) in [6.07, 6.45) is 0.337. The zero-order chi connectivity index (χ0) is 13.8. The lowest BCUT2D eigenvalue weighted by molar-refractivity contribution is -0.122. The average molecular weight is 293 g/mol. The van der Waals surface area contributed by atoms with E-state index in [1.165, 1.54) is 6.07 Å². The lowest BCUT2D eigenvalue weighted by atomic mass is 9.94. The van der Waals surface area contributed by atoms with Gasteiger partial charge in [-0.25, -0.2) is 8.78 Å². The van der Waals surface area contributed by atoms with E-state index >= 15 is 0 Å². The van der Waals surface area contributed by atoms with Gasteiger partial charge in [0.2, 0.25) is 5.91 Å². The van der Waals surface area contributed by atoms with E-state index in [0.717, 1.165) is 12.1 Å². The molecule has 0 aliphatic heterocycles. The highest BCUT2D eigenvalue weighted by atomic mass is 35.5. The van der Waals surface area contributed by atoms with Crippen molar-refractivity contribution in [2.45, 2.75) is 25.8 Å². The summed E-state index contributed by atoms with van der Waals surface area (Å²) in [5.41, 5.74) is -0.210. The SMILES string of the molecule is CNCCC(=O)NC(C)(C)c1ccc(F)c(F)c1.Cl. The van der Waals surface area contributed by atoms with Crippen molar-refractivity contribution < 1.29 is 13.6 Å². The molecule has 2 N–H and O–H groups in total. The Morgan fingerprint density at radius 3 is 2.42 bits per heavy atom. The molecule has 0 aromatic heterocycles. The van der Waals surface area contributed by atoms with E-state index in [1.54, 1.807) is 20.9 Å². The fourth-order valence-corrected chi connectivity index (χ4v) is 1.61. The van der Waals surface area contributed by atoms with Gasteiger partial charge < -0.3 is 10.6 Å². The van der Waals surface area contributed by atoms with Crippen molar-refractivity contribution in [1.82, 2.24) is 10.6 Å². The van der Waals surface area contributed by atoms with Gasteiger partial charge in [0, 0.05) is 13.0 Å². The van der Waals surface area contributed by atoms with Gasteiger partial charge in [0.25, 0.3) is 0 Å². The van der Waals surface area contributed by atoms with Crippen LogP contribution in [0.3, 0.4) is 0 Å². The summed E-state index contributed by atoms with van der Waals surface area (Å²) in [5, 5.41) is 5.66. The third kappa shape index (κ3) is 5.12. The molecule has 0 fully saturated rings. The Labute approximate surface area is 118 Å². The molecular formula is C13H19ClF2N2O. The first kappa shape index (κ1) is 17.8. The van der Waals surface area contributed by atoms with Crippen LogP contribution in [0, 0.1) is 11.6 Å². The highest BCUT2D eigenvalue weighted by molar-refractivity contribution is 5.85. The summed E-state index contributed by atoms with van der Waals surface area (Å²) < 4.78 is 26.0. The summed E-state index contributed by atoms with van der Waals surface area (Å²) in [4.78, 5) is 11.6. The lowest BCUT2D eigenvalue weighted by Gasteiger charge is -2.27. The van der Waals surface area contributed by atoms with E-state index in [1.807, 2.05) is 0 Å². The quantitative estimate of drug-likeness (QED) is 0.875. The normalized spacial score (nSPS) is 10.8. The van der Waals surface area contributed by atoms with Crippen LogP contribution in [0.15, 0.2) is 18.2 Å². The molecule has 19 heavy (non-hydrogen) atoms. The van der Waals surface area contributed by atoms with Gasteiger partial charge in [-0.05, 0) is 38.6 Å². The minimum Gasteiger partial charge on any atom is -0.347 e. The smallest absolute Gasteiger partial charge is 0.221 e. The molecule has 0 heterocycles. The molecule has 1 rings (SSSR count). The predicted octanol–water partition coefficient (Wildman–Crippen LogP) is 2.35. The van der Waals surface area contributed by atoms with Gasteiger partial charge >= 0.3 is 0 Å². The number of benzene rings is 1. The van der Waals surface area contributed by atoms with Crippen LogP contribution in [0.5, 0.6) is 0 Å². The molecule has 3 nitrogen and oxygen atoms in total. The summed E-state index contributed by atoms with van der Waals surface area (Å²) in [6, 6.07) is 3.64. The van der Waals surface area contributed by atoms with Gasteiger partial charge in [-0.3, -0.25) is 4.79 Å². The van der Waals surface area contributed by atoms with E-state index in [0.29, 0.717) is 18.5 Å². The molecule has 0 spiro atoms. The first-order valence-electron chi connectivity index (χ1n) is 5.78. The zero-order valence-electron chi connectivity index (χ0n) is 11.2. The molecule has 1 amide bonds. The minimum absolute atomic E-state index is 0. The first-order valence-corrected chi connectivity index (χ1v) is 5.78. The van der Waals surface area contributed by atoms with E-state index in [4.69, 9.17) is 0 Å². The zero-order valence-corrected chi connectivity index (χ0v) is 12.0. The highest BCUT2D eigenvalue weighted by Crippen LogP contribution is 2.22. The third-order valence-electron chi connectivity index (χ3n) is 2.70. The van der Waals surface area contributed by atoms with Crippen LogP contribution in [0.2, 0.25) is 0 Å². The number of carbonyl (C=O) groups excluding carboxylic acids is 1. The summed E-state index contributed by atoms with van der Waals surface area (Å²) >= 11 is 0. The molecule has 0 saturated heterocycles. The highest BCUT2D eigenvalue weighted by Gasteiger charge is 2.23. The standard InChI is InChI=1S/C13H18F2N2O.ClH/c1-13(2,17-12(18)6-7-16-3)9-4-5-10(14)11(15)8-9;/h4-5,8,16H,6-7H2,1-3H3,(H,17,18);1H. The van der Waals surface area contributed by atoms with E-state index in [-0.39, 0.29) is 18.3 Å². The molecule has 0 bridgehead atoms. The molecule has 0 unspecified atom stereocenters. The maximum atomic E-state index is 13.2. The fourth-order valence-electron chi connectivity index (χ4n) is 1.61. The van der Waals surface area contributed by atoms with Gasteiger partial charge in [0.05, 0.1) is 5.54 Å². The average Bonchev–Trinajstić information content (AvgIpc) is 2.29. The first-order chi connectivity index (χ1) is 8.36. The van der Waals surface area contributed by atoms with Crippen molar-refractivity contribution >= 4 is 18.3 Å². The van der Waals surface area contributed by atoms with E-state index in [2.05, 4.69) is 10.6 Å². The van der Waals surface area contributed by atoms with Gasteiger partial charge in [0.1, 0.15) is 0 Å². The lowest BCUT2D eigenvalue weighted by Crippen LogP contribution is -2.41. The van der Waals surface area contributed by atoms with Gasteiger partial charge in [0.15, 0.2) is 11.6 Å². The number of hydrogen-bond acceptors (Lipinski definition) is 2. The number of nitrogens with one attached hydrogen (secondary N) is 2. The van der Waals surface area contributed by atoms with E-state index < -0.39 is 17.2 Å². The maximum absolute atomic E-state index is 13.2. The maximum Gasteiger partial charge on any atom is 0.221 e. The minimum atomic E-state index is -0.912. The largest absolute Gasteiger partial charge is 0.347 e. The number of carbonyl (C=O) groups is 1. The van der Waals surface area contributed by atoms with Crippen molar-refractivity contribution in [2.24, 2.45) is 0 Å². The molecule has 0 atom stereocenters. The Balaban J connectivity index is 0.00000324. The van der Waals surface area contributed by atoms with Crippen LogP contribution in [-0.2, 0) is 10.3 Å². The van der Waals surface area contributed by atoms with Crippen molar-refractivity contribution in [3.05, 3.63) is 35.4 Å². The molecule has 0 aliphatic rings. The topological polar surface area (TPSA) is 41.1 Å². The molecule has 1 aromatic rings. The van der Waals surface area contributed by atoms with Crippen LogP contribution in [0.1, 0.15) is 25.8 Å². The Morgan fingerprint density at radius 1 is 1.26 bits per heavy atom. The molecule has 0 aliphatic carbocycles. The Kier molecular flexibility index (Phi) is 6.94. The molecule has 0 radical (unpaired) electrons. The van der Waals surface area contributed by atoms with E-state index in [9.17, 15) is 13.6 Å². The summed E-state index contributed by atoms with van der Waals surface area (Å²) in [5.74, 6) is -1.94. The molecule has 6 heteroatoms. The van der Waals surface area contributed by atoms with Crippen molar-refractivity contribution in [3.63, 3.8) is 0 Å². The van der Waals surface area contributed by atoms with Crippen LogP contribution in [0.25, 0.3) is 0 Å². The fraction of sp³-hybridized carbons (Fsp3) is 0.462. The van der Waals surface area contributed by atoms with Crippen molar-refractivity contribution in [3.8, 4) is 0 Å². The molecule has 0 saturated carbocycles. The molecule has 1 aromatic carbocycles. The van der Waals surface area contributed by atoms with Gasteiger partial charge in [-0.2, -0.15) is 0 Å². The summed E-state index contributed by atoms with van der Waals surface area (Å²) in [7, 11) is 1.76. The number of hydrogen-bond donors (Lipinski definition) is 2. The van der Waals surface area contributed by atoms with Crippen LogP contribution < -0.4 is 10.6 Å². The molecule has 108 valence electrons. The second-order valence-corrected chi connectivity index (χ2v) is 4.66. The predicted molar refractivity (Wildman–Crippen MR) is 73.3 cm³/mol. The second-order valence-electron chi connectivity index (χ2n) is 4.66.